The summed E-state index contributed by atoms with van der Waals surface area (Å²) in [5.41, 5.74) is 0.243. The fraction of sp³-hybridized carbons (Fsp3) is 0.778. The molecule has 2 saturated carbocycles. The summed E-state index contributed by atoms with van der Waals surface area (Å²) in [5.74, 6) is 1.14. The summed E-state index contributed by atoms with van der Waals surface area (Å²) in [4.78, 5) is 17.9. The largest absolute Gasteiger partial charge is 0.377 e. The van der Waals surface area contributed by atoms with Gasteiger partial charge >= 0.3 is 6.03 Å². The molecule has 5 nitrogen and oxygen atoms in total. The maximum atomic E-state index is 12.3. The van der Waals surface area contributed by atoms with E-state index in [1.807, 2.05) is 6.20 Å². The first-order valence-corrected chi connectivity index (χ1v) is 10.00. The lowest BCUT2D eigenvalue weighted by molar-refractivity contribution is -0.172. The summed E-state index contributed by atoms with van der Waals surface area (Å²) < 4.78 is 5.91. The Morgan fingerprint density at radius 3 is 3.04 bits per heavy atom. The van der Waals surface area contributed by atoms with E-state index in [1.165, 1.54) is 19.3 Å². The number of hydrogen-bond acceptors (Lipinski definition) is 4. The molecule has 2 aliphatic carbocycles. The molecule has 4 rings (SSSR count). The summed E-state index contributed by atoms with van der Waals surface area (Å²) in [6.07, 6.45) is 8.05. The summed E-state index contributed by atoms with van der Waals surface area (Å²) in [5, 5.41) is 7.41. The minimum absolute atomic E-state index is 0.0459. The molecule has 1 spiro atoms. The van der Waals surface area contributed by atoms with Gasteiger partial charge in [0.05, 0.1) is 17.7 Å². The van der Waals surface area contributed by atoms with Gasteiger partial charge in [-0.15, -0.1) is 11.3 Å². The van der Waals surface area contributed by atoms with Crippen LogP contribution in [0.15, 0.2) is 6.20 Å². The monoisotopic (exact) mass is 349 g/mol. The molecule has 3 atom stereocenters. The van der Waals surface area contributed by atoms with Crippen molar-refractivity contribution in [2.75, 3.05) is 6.61 Å². The lowest BCUT2D eigenvalue weighted by Gasteiger charge is -2.63. The molecule has 1 aromatic rings. The van der Waals surface area contributed by atoms with Crippen molar-refractivity contribution in [3.8, 4) is 0 Å². The number of fused-ring (bicyclic) bond motifs is 2. The summed E-state index contributed by atoms with van der Waals surface area (Å²) in [6, 6.07) is 0.257. The van der Waals surface area contributed by atoms with Crippen LogP contribution in [0.2, 0.25) is 0 Å². The third-order valence-electron chi connectivity index (χ3n) is 5.93. The molecule has 2 heterocycles. The van der Waals surface area contributed by atoms with E-state index >= 15 is 0 Å². The zero-order valence-electron chi connectivity index (χ0n) is 14.5. The van der Waals surface area contributed by atoms with Gasteiger partial charge < -0.3 is 15.4 Å². The minimum atomic E-state index is -0.0459. The van der Waals surface area contributed by atoms with Gasteiger partial charge in [-0.2, -0.15) is 0 Å². The number of urea groups is 1. The molecule has 24 heavy (non-hydrogen) atoms. The summed E-state index contributed by atoms with van der Waals surface area (Å²) in [7, 11) is 0. The fourth-order valence-electron chi connectivity index (χ4n) is 4.69. The zero-order chi connectivity index (χ0) is 16.7. The SMILES string of the molecule is CC(C)Cc1ncc(CNC(=O)N[C@@H]2[C@@H]3CCO[C@@H]3C23CCC3)s1. The standard InChI is InChI=1S/C18H27N3O2S/c1-11(2)8-14-19-9-12(24-14)10-20-17(22)21-15-13-4-7-23-16(13)18(15)5-3-6-18/h9,11,13,15-16H,3-8,10H2,1-2H3,(H2,20,21,22)/t13-,15+,16-/m0/s1. The Balaban J connectivity index is 1.29. The minimum Gasteiger partial charge on any atom is -0.377 e. The number of amides is 2. The first-order valence-electron chi connectivity index (χ1n) is 9.18. The Morgan fingerprint density at radius 1 is 1.50 bits per heavy atom. The Hall–Kier alpha value is -1.14. The van der Waals surface area contributed by atoms with Crippen molar-refractivity contribution in [3.05, 3.63) is 16.1 Å². The first kappa shape index (κ1) is 16.3. The number of carbonyl (C=O) groups is 1. The number of thiazole rings is 1. The summed E-state index contributed by atoms with van der Waals surface area (Å²) >= 11 is 1.70. The molecule has 6 heteroatoms. The van der Waals surface area contributed by atoms with Crippen LogP contribution in [0.5, 0.6) is 0 Å². The maximum Gasteiger partial charge on any atom is 0.315 e. The molecule has 3 aliphatic rings. The highest BCUT2D eigenvalue weighted by molar-refractivity contribution is 7.11. The Labute approximate surface area is 147 Å². The van der Waals surface area contributed by atoms with E-state index in [9.17, 15) is 4.79 Å². The average molecular weight is 350 g/mol. The predicted molar refractivity (Wildman–Crippen MR) is 93.9 cm³/mol. The van der Waals surface area contributed by atoms with Crippen LogP contribution < -0.4 is 10.6 Å². The van der Waals surface area contributed by atoms with Gasteiger partial charge in [0.15, 0.2) is 0 Å². The fourth-order valence-corrected chi connectivity index (χ4v) is 5.76. The smallest absolute Gasteiger partial charge is 0.315 e. The highest BCUT2D eigenvalue weighted by atomic mass is 32.1. The second-order valence-corrected chi connectivity index (χ2v) is 9.15. The number of rotatable bonds is 5. The van der Waals surface area contributed by atoms with Crippen LogP contribution in [0.1, 0.15) is 49.4 Å². The lowest BCUT2D eigenvalue weighted by atomic mass is 9.46. The third kappa shape index (κ3) is 2.73. The van der Waals surface area contributed by atoms with E-state index in [4.69, 9.17) is 4.74 Å². The molecule has 3 fully saturated rings. The number of hydrogen-bond donors (Lipinski definition) is 2. The van der Waals surface area contributed by atoms with Gasteiger partial charge in [-0.1, -0.05) is 20.3 Å². The Kier molecular flexibility index (Phi) is 4.29. The van der Waals surface area contributed by atoms with Gasteiger partial charge in [0.2, 0.25) is 0 Å². The predicted octanol–water partition coefficient (Wildman–Crippen LogP) is 3.10. The van der Waals surface area contributed by atoms with Gasteiger partial charge in [-0.3, -0.25) is 0 Å². The van der Waals surface area contributed by atoms with Gasteiger partial charge in [0, 0.05) is 41.5 Å². The van der Waals surface area contributed by atoms with Crippen LogP contribution in [-0.4, -0.2) is 29.8 Å². The van der Waals surface area contributed by atoms with Crippen molar-refractivity contribution >= 4 is 17.4 Å². The molecule has 0 bridgehead atoms. The number of carbonyl (C=O) groups excluding carboxylic acids is 1. The van der Waals surface area contributed by atoms with Crippen LogP contribution in [-0.2, 0) is 17.7 Å². The van der Waals surface area contributed by atoms with Crippen molar-refractivity contribution in [2.24, 2.45) is 17.3 Å². The van der Waals surface area contributed by atoms with Crippen molar-refractivity contribution in [2.45, 2.75) is 64.6 Å². The van der Waals surface area contributed by atoms with E-state index in [1.54, 1.807) is 11.3 Å². The first-order chi connectivity index (χ1) is 11.6. The number of aromatic nitrogens is 1. The van der Waals surface area contributed by atoms with Crippen molar-refractivity contribution in [1.29, 1.82) is 0 Å². The number of nitrogens with one attached hydrogen (secondary N) is 2. The molecule has 0 aromatic carbocycles. The maximum absolute atomic E-state index is 12.3. The third-order valence-corrected chi connectivity index (χ3v) is 6.95. The van der Waals surface area contributed by atoms with Crippen molar-refractivity contribution in [3.63, 3.8) is 0 Å². The quantitative estimate of drug-likeness (QED) is 0.858. The normalized spacial score (nSPS) is 29.9. The van der Waals surface area contributed by atoms with E-state index < -0.39 is 0 Å². The molecule has 2 N–H and O–H groups in total. The highest BCUT2D eigenvalue weighted by Crippen LogP contribution is 2.62. The average Bonchev–Trinajstić information content (AvgIpc) is 3.08. The Bertz CT molecular complexity index is 611. The van der Waals surface area contributed by atoms with Crippen LogP contribution in [0.25, 0.3) is 0 Å². The summed E-state index contributed by atoms with van der Waals surface area (Å²) in [6.45, 7) is 5.81. The molecule has 0 unspecified atom stereocenters. The van der Waals surface area contributed by atoms with Crippen LogP contribution in [0, 0.1) is 17.3 Å². The van der Waals surface area contributed by atoms with Crippen LogP contribution >= 0.6 is 11.3 Å². The van der Waals surface area contributed by atoms with Crippen molar-refractivity contribution in [1.82, 2.24) is 15.6 Å². The Morgan fingerprint density at radius 2 is 2.33 bits per heavy atom. The highest BCUT2D eigenvalue weighted by Gasteiger charge is 2.66. The van der Waals surface area contributed by atoms with Gasteiger partial charge in [0.1, 0.15) is 0 Å². The molecule has 1 saturated heterocycles. The number of ether oxygens (including phenoxy) is 1. The van der Waals surface area contributed by atoms with Crippen molar-refractivity contribution < 1.29 is 9.53 Å². The molecule has 132 valence electrons. The van der Waals surface area contributed by atoms with E-state index in [2.05, 4.69) is 29.5 Å². The topological polar surface area (TPSA) is 63.2 Å². The number of nitrogens with zero attached hydrogens (tertiary/aromatic N) is 1. The van der Waals surface area contributed by atoms with Gasteiger partial charge in [-0.25, -0.2) is 9.78 Å². The molecular weight excluding hydrogens is 322 g/mol. The van der Waals surface area contributed by atoms with E-state index in [-0.39, 0.29) is 11.4 Å². The second kappa shape index (κ2) is 6.30. The molecule has 1 aliphatic heterocycles. The molecule has 2 amide bonds. The van der Waals surface area contributed by atoms with E-state index in [0.717, 1.165) is 29.3 Å². The lowest BCUT2D eigenvalue weighted by Crippen LogP contribution is -2.72. The van der Waals surface area contributed by atoms with Crippen LogP contribution in [0.4, 0.5) is 4.79 Å². The van der Waals surface area contributed by atoms with Crippen LogP contribution in [0.3, 0.4) is 0 Å². The van der Waals surface area contributed by atoms with Gasteiger partial charge in [-0.05, 0) is 25.2 Å². The van der Waals surface area contributed by atoms with E-state index in [0.29, 0.717) is 30.5 Å². The molecular formula is C18H27N3O2S. The second-order valence-electron chi connectivity index (χ2n) is 7.95. The molecule has 0 radical (unpaired) electrons. The van der Waals surface area contributed by atoms with Gasteiger partial charge in [0.25, 0.3) is 0 Å². The zero-order valence-corrected chi connectivity index (χ0v) is 15.3. The molecule has 1 aromatic heterocycles.